The van der Waals surface area contributed by atoms with Gasteiger partial charge in [-0.1, -0.05) is 0 Å². The highest BCUT2D eigenvalue weighted by molar-refractivity contribution is 5.68. The van der Waals surface area contributed by atoms with Crippen LogP contribution in [0.5, 0.6) is 0 Å². The van der Waals surface area contributed by atoms with E-state index in [1.807, 2.05) is 25.7 Å². The lowest BCUT2D eigenvalue weighted by Crippen LogP contribution is -2.47. The number of rotatable bonds is 2. The number of ether oxygens (including phenoxy) is 1. The molecule has 0 N–H and O–H groups in total. The fraction of sp³-hybridized carbons (Fsp3) is 0.611. The first kappa shape index (κ1) is 19.4. The summed E-state index contributed by atoms with van der Waals surface area (Å²) in [7, 11) is 1.73. The van der Waals surface area contributed by atoms with E-state index in [0.717, 1.165) is 30.7 Å². The average molecular weight is 358 g/mol. The van der Waals surface area contributed by atoms with Crippen LogP contribution in [0.4, 0.5) is 23.7 Å². The fourth-order valence-corrected chi connectivity index (χ4v) is 2.86. The zero-order chi connectivity index (χ0) is 18.8. The lowest BCUT2D eigenvalue weighted by atomic mass is 10.0. The van der Waals surface area contributed by atoms with Gasteiger partial charge in [0, 0.05) is 31.9 Å². The van der Waals surface area contributed by atoms with E-state index in [2.05, 4.69) is 0 Å². The Morgan fingerprint density at radius 3 is 2.08 bits per heavy atom. The molecule has 1 fully saturated rings. The van der Waals surface area contributed by atoms with Gasteiger partial charge in [-0.15, -0.1) is 0 Å². The molecule has 0 spiro atoms. The smallest absolute Gasteiger partial charge is 0.416 e. The summed E-state index contributed by atoms with van der Waals surface area (Å²) in [5.41, 5.74) is -0.408. The van der Waals surface area contributed by atoms with E-state index >= 15 is 0 Å². The summed E-state index contributed by atoms with van der Waals surface area (Å²) in [4.78, 5) is 15.8. The van der Waals surface area contributed by atoms with Crippen molar-refractivity contribution in [3.8, 4) is 0 Å². The number of benzene rings is 1. The first-order valence-electron chi connectivity index (χ1n) is 8.35. The van der Waals surface area contributed by atoms with E-state index in [9.17, 15) is 18.0 Å². The highest BCUT2D eigenvalue weighted by Crippen LogP contribution is 2.31. The van der Waals surface area contributed by atoms with Crippen molar-refractivity contribution in [3.05, 3.63) is 29.8 Å². The molecule has 7 heteroatoms. The first-order chi connectivity index (χ1) is 11.5. The number of carbonyl (C=O) groups excluding carboxylic acids is 1. The van der Waals surface area contributed by atoms with Gasteiger partial charge < -0.3 is 14.5 Å². The molecule has 0 aromatic heterocycles. The Bertz CT molecular complexity index is 586. The van der Waals surface area contributed by atoms with Gasteiger partial charge in [0.25, 0.3) is 0 Å². The third kappa shape index (κ3) is 5.28. The van der Waals surface area contributed by atoms with Crippen LogP contribution >= 0.6 is 0 Å². The molecule has 2 rings (SSSR count). The van der Waals surface area contributed by atoms with E-state index in [-0.39, 0.29) is 12.1 Å². The second kappa shape index (κ2) is 7.14. The molecular formula is C18H25F3N2O2. The molecule has 1 aromatic carbocycles. The van der Waals surface area contributed by atoms with Gasteiger partial charge in [-0.25, -0.2) is 4.79 Å². The summed E-state index contributed by atoms with van der Waals surface area (Å²) in [6.07, 6.45) is -3.17. The zero-order valence-electron chi connectivity index (χ0n) is 15.1. The first-order valence-corrected chi connectivity index (χ1v) is 8.35. The van der Waals surface area contributed by atoms with Crippen LogP contribution in [0.25, 0.3) is 0 Å². The second-order valence-corrected chi connectivity index (χ2v) is 7.35. The molecule has 1 heterocycles. The van der Waals surface area contributed by atoms with Crippen LogP contribution in [0, 0.1) is 0 Å². The maximum absolute atomic E-state index is 12.6. The van der Waals surface area contributed by atoms with E-state index in [1.54, 1.807) is 11.9 Å². The Morgan fingerprint density at radius 1 is 1.12 bits per heavy atom. The summed E-state index contributed by atoms with van der Waals surface area (Å²) in [6.45, 7) is 6.84. The molecule has 0 aliphatic carbocycles. The standard InChI is InChI=1S/C18H25F3N2O2/c1-17(2,3)25-16(24)22(4)14-9-11-23(12-10-14)15-7-5-13(6-8-15)18(19,20)21/h5-8,14H,9-12H2,1-4H3. The lowest BCUT2D eigenvalue weighted by Gasteiger charge is -2.38. The van der Waals surface area contributed by atoms with Gasteiger partial charge in [0.1, 0.15) is 5.60 Å². The summed E-state index contributed by atoms with van der Waals surface area (Å²) in [5, 5.41) is 0. The van der Waals surface area contributed by atoms with Crippen molar-refractivity contribution in [2.75, 3.05) is 25.0 Å². The van der Waals surface area contributed by atoms with Gasteiger partial charge >= 0.3 is 12.3 Å². The van der Waals surface area contributed by atoms with E-state index in [4.69, 9.17) is 4.74 Å². The normalized spacial score (nSPS) is 16.7. The van der Waals surface area contributed by atoms with Gasteiger partial charge in [-0.3, -0.25) is 0 Å². The molecule has 4 nitrogen and oxygen atoms in total. The van der Waals surface area contributed by atoms with Crippen molar-refractivity contribution in [1.29, 1.82) is 0 Å². The minimum Gasteiger partial charge on any atom is -0.444 e. The highest BCUT2D eigenvalue weighted by Gasteiger charge is 2.31. The van der Waals surface area contributed by atoms with Crippen LogP contribution in [-0.4, -0.2) is 42.8 Å². The minimum atomic E-state index is -4.32. The van der Waals surface area contributed by atoms with Crippen LogP contribution in [0.15, 0.2) is 24.3 Å². The third-order valence-electron chi connectivity index (χ3n) is 4.25. The van der Waals surface area contributed by atoms with Crippen LogP contribution in [-0.2, 0) is 10.9 Å². The molecule has 1 aliphatic rings. The van der Waals surface area contributed by atoms with Gasteiger partial charge in [0.05, 0.1) is 5.56 Å². The van der Waals surface area contributed by atoms with E-state index in [1.165, 1.54) is 12.1 Å². The average Bonchev–Trinajstić information content (AvgIpc) is 2.52. The number of anilines is 1. The van der Waals surface area contributed by atoms with Crippen LogP contribution in [0.2, 0.25) is 0 Å². The number of nitrogens with zero attached hydrogens (tertiary/aromatic N) is 2. The van der Waals surface area contributed by atoms with Crippen molar-refractivity contribution >= 4 is 11.8 Å². The van der Waals surface area contributed by atoms with Gasteiger partial charge in [-0.05, 0) is 57.9 Å². The number of hydrogen-bond donors (Lipinski definition) is 0. The second-order valence-electron chi connectivity index (χ2n) is 7.35. The molecule has 140 valence electrons. The maximum atomic E-state index is 12.6. The number of alkyl halides is 3. The number of piperidine rings is 1. The molecule has 0 atom stereocenters. The van der Waals surface area contributed by atoms with Crippen molar-refractivity contribution in [2.45, 2.75) is 51.4 Å². The van der Waals surface area contributed by atoms with E-state index < -0.39 is 17.3 Å². The molecule has 0 saturated carbocycles. The minimum absolute atomic E-state index is 0.0700. The van der Waals surface area contributed by atoms with Gasteiger partial charge in [-0.2, -0.15) is 13.2 Å². The molecule has 1 saturated heterocycles. The maximum Gasteiger partial charge on any atom is 0.416 e. The van der Waals surface area contributed by atoms with Crippen LogP contribution < -0.4 is 4.90 Å². The molecule has 25 heavy (non-hydrogen) atoms. The number of amides is 1. The van der Waals surface area contributed by atoms with Crippen molar-refractivity contribution in [1.82, 2.24) is 4.90 Å². The largest absolute Gasteiger partial charge is 0.444 e. The number of carbonyl (C=O) groups is 1. The lowest BCUT2D eigenvalue weighted by molar-refractivity contribution is -0.137. The summed E-state index contributed by atoms with van der Waals surface area (Å²) in [6, 6.07) is 5.28. The summed E-state index contributed by atoms with van der Waals surface area (Å²) < 4.78 is 43.3. The molecule has 1 aromatic rings. The van der Waals surface area contributed by atoms with Crippen LogP contribution in [0.3, 0.4) is 0 Å². The van der Waals surface area contributed by atoms with Gasteiger partial charge in [0.15, 0.2) is 0 Å². The predicted octanol–water partition coefficient (Wildman–Crippen LogP) is 4.54. The molecule has 0 bridgehead atoms. The Labute approximate surface area is 146 Å². The molecule has 0 radical (unpaired) electrons. The van der Waals surface area contributed by atoms with E-state index in [0.29, 0.717) is 13.1 Å². The Morgan fingerprint density at radius 2 is 1.64 bits per heavy atom. The zero-order valence-corrected chi connectivity index (χ0v) is 15.1. The topological polar surface area (TPSA) is 32.8 Å². The van der Waals surface area contributed by atoms with Crippen LogP contribution in [0.1, 0.15) is 39.2 Å². The fourth-order valence-electron chi connectivity index (χ4n) is 2.86. The van der Waals surface area contributed by atoms with Crippen molar-refractivity contribution in [2.24, 2.45) is 0 Å². The SMILES string of the molecule is CN(C(=O)OC(C)(C)C)C1CCN(c2ccc(C(F)(F)F)cc2)CC1. The quantitative estimate of drug-likeness (QED) is 0.778. The van der Waals surface area contributed by atoms with Gasteiger partial charge in [0.2, 0.25) is 0 Å². The highest BCUT2D eigenvalue weighted by atomic mass is 19.4. The van der Waals surface area contributed by atoms with Crippen molar-refractivity contribution < 1.29 is 22.7 Å². The summed E-state index contributed by atoms with van der Waals surface area (Å²) >= 11 is 0. The monoisotopic (exact) mass is 358 g/mol. The molecule has 1 aliphatic heterocycles. The predicted molar refractivity (Wildman–Crippen MR) is 90.7 cm³/mol. The third-order valence-corrected chi connectivity index (χ3v) is 4.25. The number of hydrogen-bond acceptors (Lipinski definition) is 3. The molecule has 0 unspecified atom stereocenters. The number of halogens is 3. The summed E-state index contributed by atoms with van der Waals surface area (Å²) in [5.74, 6) is 0. The Kier molecular flexibility index (Phi) is 5.54. The molecule has 1 amide bonds. The molecular weight excluding hydrogens is 333 g/mol. The Hall–Kier alpha value is -1.92. The Balaban J connectivity index is 1.92. The van der Waals surface area contributed by atoms with Crippen molar-refractivity contribution in [3.63, 3.8) is 0 Å².